The van der Waals surface area contributed by atoms with E-state index in [0.717, 1.165) is 85.1 Å². The number of piperazine rings is 1. The zero-order valence-electron chi connectivity index (χ0n) is 19.0. The van der Waals surface area contributed by atoms with Gasteiger partial charge in [-0.15, -0.1) is 0 Å². The molecule has 2 aliphatic heterocycles. The molecule has 0 aromatic carbocycles. The maximum Gasteiger partial charge on any atom is 0.317 e. The summed E-state index contributed by atoms with van der Waals surface area (Å²) in [5.41, 5.74) is 0. The van der Waals surface area contributed by atoms with Gasteiger partial charge in [-0.25, -0.2) is 4.79 Å². The average Bonchev–Trinajstić information content (AvgIpc) is 3.22. The highest BCUT2D eigenvalue weighted by Gasteiger charge is 2.22. The van der Waals surface area contributed by atoms with Gasteiger partial charge in [0.25, 0.3) is 0 Å². The van der Waals surface area contributed by atoms with Crippen LogP contribution in [-0.2, 0) is 0 Å². The van der Waals surface area contributed by atoms with E-state index >= 15 is 0 Å². The standard InChI is InChI=1S/C21H36N10O/c22-1-4-25-5-9-28(12-11-27(7-2-23)8-3-24)13-14-29-15-17-30(18-16-29)19-20-31-10-6-26-21(31)32/h25H,4-20H2,(H,26,32). The number of rotatable bonds is 15. The Kier molecular flexibility index (Phi) is 12.4. The Morgan fingerprint density at radius 3 is 2.06 bits per heavy atom. The minimum absolute atomic E-state index is 0.0519. The molecule has 2 N–H and O–H groups in total. The molecule has 0 unspecified atom stereocenters. The van der Waals surface area contributed by atoms with E-state index in [1.807, 2.05) is 9.80 Å². The van der Waals surface area contributed by atoms with E-state index in [-0.39, 0.29) is 19.1 Å². The van der Waals surface area contributed by atoms with Crippen molar-refractivity contribution in [3.8, 4) is 18.2 Å². The molecule has 0 aliphatic carbocycles. The number of hydrogen-bond donors (Lipinski definition) is 2. The molecule has 2 rings (SSSR count). The summed E-state index contributed by atoms with van der Waals surface area (Å²) in [5.74, 6) is 0. The van der Waals surface area contributed by atoms with Crippen molar-refractivity contribution in [2.75, 3.05) is 111 Å². The smallest absolute Gasteiger partial charge is 0.317 e. The second kappa shape index (κ2) is 15.4. The predicted molar refractivity (Wildman–Crippen MR) is 120 cm³/mol. The van der Waals surface area contributed by atoms with Gasteiger partial charge >= 0.3 is 6.03 Å². The molecule has 2 fully saturated rings. The molecule has 0 aromatic rings. The van der Waals surface area contributed by atoms with E-state index in [0.29, 0.717) is 13.1 Å². The van der Waals surface area contributed by atoms with Gasteiger partial charge in [0.15, 0.2) is 0 Å². The maximum atomic E-state index is 11.7. The van der Waals surface area contributed by atoms with Crippen molar-refractivity contribution in [2.24, 2.45) is 0 Å². The second-order valence-electron chi connectivity index (χ2n) is 8.11. The third-order valence-electron chi connectivity index (χ3n) is 5.96. The van der Waals surface area contributed by atoms with Crippen molar-refractivity contribution in [1.82, 2.24) is 35.1 Å². The van der Waals surface area contributed by atoms with Crippen molar-refractivity contribution < 1.29 is 4.79 Å². The molecular formula is C21H36N10O. The van der Waals surface area contributed by atoms with Crippen LogP contribution in [0.3, 0.4) is 0 Å². The van der Waals surface area contributed by atoms with Gasteiger partial charge in [-0.3, -0.25) is 19.6 Å². The van der Waals surface area contributed by atoms with Crippen LogP contribution < -0.4 is 10.6 Å². The average molecular weight is 445 g/mol. The second-order valence-corrected chi connectivity index (χ2v) is 8.11. The topological polar surface area (TPSA) is 129 Å². The third-order valence-corrected chi connectivity index (χ3v) is 5.96. The van der Waals surface area contributed by atoms with Crippen molar-refractivity contribution in [1.29, 1.82) is 15.8 Å². The molecule has 11 heteroatoms. The summed E-state index contributed by atoms with van der Waals surface area (Å²) in [6.07, 6.45) is 0. The van der Waals surface area contributed by atoms with Crippen LogP contribution in [0, 0.1) is 34.0 Å². The lowest BCUT2D eigenvalue weighted by Crippen LogP contribution is -2.50. The van der Waals surface area contributed by atoms with Crippen molar-refractivity contribution in [3.63, 3.8) is 0 Å². The summed E-state index contributed by atoms with van der Waals surface area (Å²) in [7, 11) is 0. The highest BCUT2D eigenvalue weighted by Crippen LogP contribution is 2.04. The van der Waals surface area contributed by atoms with Crippen LogP contribution in [0.1, 0.15) is 0 Å². The fourth-order valence-electron chi connectivity index (χ4n) is 3.92. The quantitative estimate of drug-likeness (QED) is 0.226. The number of amides is 2. The van der Waals surface area contributed by atoms with Crippen molar-refractivity contribution in [3.05, 3.63) is 0 Å². The van der Waals surface area contributed by atoms with Crippen LogP contribution in [0.2, 0.25) is 0 Å². The first-order chi connectivity index (χ1) is 15.7. The Morgan fingerprint density at radius 1 is 0.812 bits per heavy atom. The van der Waals surface area contributed by atoms with E-state index in [1.54, 1.807) is 0 Å². The highest BCUT2D eigenvalue weighted by atomic mass is 16.2. The van der Waals surface area contributed by atoms with Gasteiger partial charge in [0.2, 0.25) is 0 Å². The molecule has 2 saturated heterocycles. The van der Waals surface area contributed by atoms with Crippen LogP contribution in [-0.4, -0.2) is 142 Å². The Balaban J connectivity index is 1.69. The fourth-order valence-corrected chi connectivity index (χ4v) is 3.92. The highest BCUT2D eigenvalue weighted by molar-refractivity contribution is 5.76. The number of carbonyl (C=O) groups is 1. The van der Waals surface area contributed by atoms with E-state index in [1.165, 1.54) is 0 Å². The predicted octanol–water partition coefficient (Wildman–Crippen LogP) is -1.61. The van der Waals surface area contributed by atoms with Crippen molar-refractivity contribution in [2.45, 2.75) is 0 Å². The molecule has 11 nitrogen and oxygen atoms in total. The Labute approximate surface area is 191 Å². The number of nitrogens with one attached hydrogen (secondary N) is 2. The lowest BCUT2D eigenvalue weighted by atomic mass is 10.3. The van der Waals surface area contributed by atoms with Crippen LogP contribution in [0.25, 0.3) is 0 Å². The van der Waals surface area contributed by atoms with Gasteiger partial charge in [0, 0.05) is 91.6 Å². The molecule has 2 heterocycles. The van der Waals surface area contributed by atoms with E-state index < -0.39 is 0 Å². The maximum absolute atomic E-state index is 11.7. The van der Waals surface area contributed by atoms with Gasteiger partial charge in [0.05, 0.1) is 37.8 Å². The van der Waals surface area contributed by atoms with Gasteiger partial charge in [-0.2, -0.15) is 15.8 Å². The minimum atomic E-state index is 0.0519. The molecular weight excluding hydrogens is 408 g/mol. The molecule has 32 heavy (non-hydrogen) atoms. The molecule has 176 valence electrons. The first-order valence-electron chi connectivity index (χ1n) is 11.4. The third kappa shape index (κ3) is 9.78. The Bertz CT molecular complexity index is 658. The first kappa shape index (κ1) is 25.8. The monoisotopic (exact) mass is 444 g/mol. The zero-order valence-corrected chi connectivity index (χ0v) is 19.0. The van der Waals surface area contributed by atoms with Crippen LogP contribution >= 0.6 is 0 Å². The fraction of sp³-hybridized carbons (Fsp3) is 0.810. The van der Waals surface area contributed by atoms with Crippen LogP contribution in [0.15, 0.2) is 0 Å². The van der Waals surface area contributed by atoms with E-state index in [9.17, 15) is 4.79 Å². The van der Waals surface area contributed by atoms with E-state index in [4.69, 9.17) is 15.8 Å². The van der Waals surface area contributed by atoms with Gasteiger partial charge in [-0.05, 0) is 0 Å². The van der Waals surface area contributed by atoms with Gasteiger partial charge in [0.1, 0.15) is 0 Å². The van der Waals surface area contributed by atoms with Crippen LogP contribution in [0.5, 0.6) is 0 Å². The summed E-state index contributed by atoms with van der Waals surface area (Å²) in [4.78, 5) is 22.6. The molecule has 0 radical (unpaired) electrons. The molecule has 2 amide bonds. The number of nitriles is 3. The summed E-state index contributed by atoms with van der Waals surface area (Å²) < 4.78 is 0. The van der Waals surface area contributed by atoms with Gasteiger partial charge < -0.3 is 15.5 Å². The number of nitrogens with zero attached hydrogens (tertiary/aromatic N) is 8. The minimum Gasteiger partial charge on any atom is -0.336 e. The first-order valence-corrected chi connectivity index (χ1v) is 11.4. The summed E-state index contributed by atoms with van der Waals surface area (Å²) in [6, 6.07) is 6.40. The molecule has 0 atom stereocenters. The summed E-state index contributed by atoms with van der Waals surface area (Å²) in [5, 5.41) is 32.6. The Hall–Kier alpha value is -2.46. The number of carbonyl (C=O) groups excluding carboxylic acids is 1. The van der Waals surface area contributed by atoms with Crippen LogP contribution in [0.4, 0.5) is 4.79 Å². The molecule has 2 aliphatic rings. The number of urea groups is 1. The van der Waals surface area contributed by atoms with Gasteiger partial charge in [-0.1, -0.05) is 0 Å². The largest absolute Gasteiger partial charge is 0.336 e. The van der Waals surface area contributed by atoms with E-state index in [2.05, 4.69) is 43.5 Å². The lowest BCUT2D eigenvalue weighted by molar-refractivity contribution is 0.110. The summed E-state index contributed by atoms with van der Waals surface area (Å²) >= 11 is 0. The SMILES string of the molecule is N#CCNCCN(CCN(CC#N)CC#N)CCN1CCN(CCN2CCNC2=O)CC1. The normalized spacial score (nSPS) is 17.3. The Morgan fingerprint density at radius 2 is 1.47 bits per heavy atom. The summed E-state index contributed by atoms with van der Waals surface area (Å²) in [6.45, 7) is 13.1. The number of hydrogen-bond acceptors (Lipinski definition) is 9. The molecule has 0 saturated carbocycles. The molecule has 0 aromatic heterocycles. The van der Waals surface area contributed by atoms with Crippen molar-refractivity contribution >= 4 is 6.03 Å². The molecule has 0 bridgehead atoms. The lowest BCUT2D eigenvalue weighted by Gasteiger charge is -2.36. The molecule has 0 spiro atoms. The zero-order chi connectivity index (χ0) is 23.0.